The molecule has 3 heteroatoms. The topological polar surface area (TPSA) is 29.5 Å². The molecule has 1 saturated heterocycles. The summed E-state index contributed by atoms with van der Waals surface area (Å²) in [6.45, 7) is 1.91. The third-order valence-corrected chi connectivity index (χ3v) is 7.43. The van der Waals surface area contributed by atoms with Crippen LogP contribution in [0.5, 0.6) is 5.75 Å². The van der Waals surface area contributed by atoms with Crippen LogP contribution in [0.25, 0.3) is 5.57 Å². The molecule has 1 atom stereocenters. The van der Waals surface area contributed by atoms with Crippen molar-refractivity contribution in [1.82, 2.24) is 0 Å². The average molecular weight is 383 g/mol. The van der Waals surface area contributed by atoms with Crippen molar-refractivity contribution in [2.45, 2.75) is 51.4 Å². The maximum absolute atomic E-state index is 9.56. The predicted octanol–water partition coefficient (Wildman–Crippen LogP) is 6.69. The lowest BCUT2D eigenvalue weighted by atomic mass is 9.91. The van der Waals surface area contributed by atoms with Gasteiger partial charge in [0.05, 0.1) is 0 Å². The second kappa shape index (κ2) is 9.16. The predicted molar refractivity (Wildman–Crippen MR) is 115 cm³/mol. The molecule has 2 aliphatic heterocycles. The molecule has 0 aromatic heterocycles. The molecule has 2 nitrogen and oxygen atoms in total. The minimum Gasteiger partial charge on any atom is -0.508 e. The van der Waals surface area contributed by atoms with Gasteiger partial charge in [-0.2, -0.15) is 0 Å². The number of fused-ring (bicyclic) bond motifs is 1. The lowest BCUT2D eigenvalue weighted by Crippen LogP contribution is -2.15. The van der Waals surface area contributed by atoms with Gasteiger partial charge in [0.1, 0.15) is 5.75 Å². The van der Waals surface area contributed by atoms with Crippen LogP contribution in [-0.2, 0) is 4.74 Å². The normalized spacial score (nSPS) is 24.1. The average Bonchev–Trinajstić information content (AvgIpc) is 3.01. The summed E-state index contributed by atoms with van der Waals surface area (Å²) < 4.78 is 5.50. The first kappa shape index (κ1) is 18.9. The monoisotopic (exact) mass is 382 g/mol. The highest BCUT2D eigenvalue weighted by molar-refractivity contribution is 8.06. The Morgan fingerprint density at radius 1 is 1.00 bits per heavy atom. The standard InChI is InChI=1S/C24H30O2S/c25-22-10-8-19(9-11-22)20-3-2-6-24-21(17-20)4-1-5-23(27-24)12-7-18-13-15-26-16-14-18/h3,5-6,8-11,18,21,25H,1-2,4,7,12-17H2. The van der Waals surface area contributed by atoms with Crippen molar-refractivity contribution in [1.29, 1.82) is 0 Å². The van der Waals surface area contributed by atoms with E-state index in [0.29, 0.717) is 11.7 Å². The quantitative estimate of drug-likeness (QED) is 0.629. The second-order valence-electron chi connectivity index (χ2n) is 7.96. The summed E-state index contributed by atoms with van der Waals surface area (Å²) in [7, 11) is 0. The van der Waals surface area contributed by atoms with E-state index in [1.165, 1.54) is 49.7 Å². The summed E-state index contributed by atoms with van der Waals surface area (Å²) in [5, 5.41) is 9.56. The van der Waals surface area contributed by atoms with Gasteiger partial charge in [-0.05, 0) is 96.3 Å². The lowest BCUT2D eigenvalue weighted by Gasteiger charge is -2.22. The van der Waals surface area contributed by atoms with Crippen LogP contribution in [0.4, 0.5) is 0 Å². The van der Waals surface area contributed by atoms with Crippen LogP contribution in [0.2, 0.25) is 0 Å². The minimum atomic E-state index is 0.343. The minimum absolute atomic E-state index is 0.343. The largest absolute Gasteiger partial charge is 0.508 e. The summed E-state index contributed by atoms with van der Waals surface area (Å²) in [5.41, 5.74) is 2.68. The smallest absolute Gasteiger partial charge is 0.115 e. The van der Waals surface area contributed by atoms with E-state index in [9.17, 15) is 5.11 Å². The molecule has 3 aliphatic rings. The van der Waals surface area contributed by atoms with Gasteiger partial charge in [0, 0.05) is 13.2 Å². The fourth-order valence-corrected chi connectivity index (χ4v) is 5.66. The van der Waals surface area contributed by atoms with E-state index in [-0.39, 0.29) is 0 Å². The Hall–Kier alpha value is -1.45. The molecule has 1 fully saturated rings. The van der Waals surface area contributed by atoms with Crippen molar-refractivity contribution in [3.05, 3.63) is 57.9 Å². The SMILES string of the molecule is Oc1ccc(C2=CCC=C3SC(CCC4CCOCC4)=CCCC3C2)cc1. The molecular formula is C24H30O2S. The van der Waals surface area contributed by atoms with Crippen LogP contribution in [0, 0.1) is 11.8 Å². The van der Waals surface area contributed by atoms with Crippen LogP contribution < -0.4 is 0 Å². The van der Waals surface area contributed by atoms with Crippen molar-refractivity contribution < 1.29 is 9.84 Å². The summed E-state index contributed by atoms with van der Waals surface area (Å²) in [5.74, 6) is 1.83. The molecule has 2 heterocycles. The van der Waals surface area contributed by atoms with Crippen LogP contribution in [0.15, 0.2) is 52.3 Å². The Morgan fingerprint density at radius 2 is 1.81 bits per heavy atom. The molecule has 1 N–H and O–H groups in total. The van der Waals surface area contributed by atoms with Crippen LogP contribution in [-0.4, -0.2) is 18.3 Å². The van der Waals surface area contributed by atoms with Gasteiger partial charge in [-0.25, -0.2) is 0 Å². The summed E-state index contributed by atoms with van der Waals surface area (Å²) in [6, 6.07) is 7.70. The van der Waals surface area contributed by atoms with E-state index >= 15 is 0 Å². The third-order valence-electron chi connectivity index (χ3n) is 6.07. The number of thioether (sulfide) groups is 1. The van der Waals surface area contributed by atoms with Gasteiger partial charge in [0.2, 0.25) is 0 Å². The van der Waals surface area contributed by atoms with E-state index in [2.05, 4.69) is 30.0 Å². The Kier molecular flexibility index (Phi) is 6.41. The number of hydrogen-bond acceptors (Lipinski definition) is 3. The molecule has 0 amide bonds. The van der Waals surface area contributed by atoms with Crippen molar-refractivity contribution >= 4 is 17.3 Å². The Balaban J connectivity index is 1.37. The first-order valence-electron chi connectivity index (χ1n) is 10.4. The molecule has 0 radical (unpaired) electrons. The number of benzene rings is 1. The Bertz CT molecular complexity index is 723. The molecule has 0 bridgehead atoms. The van der Waals surface area contributed by atoms with Gasteiger partial charge < -0.3 is 9.84 Å². The number of ether oxygens (including phenoxy) is 1. The zero-order valence-electron chi connectivity index (χ0n) is 16.0. The summed E-state index contributed by atoms with van der Waals surface area (Å²) in [6.07, 6.45) is 16.9. The molecule has 1 unspecified atom stereocenters. The van der Waals surface area contributed by atoms with Crippen molar-refractivity contribution in [2.24, 2.45) is 11.8 Å². The van der Waals surface area contributed by atoms with E-state index in [0.717, 1.165) is 32.0 Å². The first-order valence-corrected chi connectivity index (χ1v) is 11.2. The highest BCUT2D eigenvalue weighted by Crippen LogP contribution is 2.45. The van der Waals surface area contributed by atoms with Crippen LogP contribution >= 0.6 is 11.8 Å². The highest BCUT2D eigenvalue weighted by Gasteiger charge is 2.23. The van der Waals surface area contributed by atoms with Gasteiger partial charge in [0.15, 0.2) is 0 Å². The summed E-state index contributed by atoms with van der Waals surface area (Å²) in [4.78, 5) is 3.17. The number of aromatic hydroxyl groups is 1. The second-order valence-corrected chi connectivity index (χ2v) is 9.16. The number of phenolic OH excluding ortho intramolecular Hbond substituents is 1. The molecule has 27 heavy (non-hydrogen) atoms. The number of phenols is 1. The zero-order valence-corrected chi connectivity index (χ0v) is 16.8. The number of allylic oxidation sites excluding steroid dienone is 6. The molecular weight excluding hydrogens is 352 g/mol. The Morgan fingerprint density at radius 3 is 2.63 bits per heavy atom. The van der Waals surface area contributed by atoms with E-state index < -0.39 is 0 Å². The molecule has 0 saturated carbocycles. The molecule has 0 spiro atoms. The Labute approximate surface area is 167 Å². The zero-order chi connectivity index (χ0) is 18.5. The first-order chi connectivity index (χ1) is 13.3. The number of rotatable bonds is 4. The van der Waals surface area contributed by atoms with Gasteiger partial charge in [-0.15, -0.1) is 0 Å². The maximum atomic E-state index is 9.56. The highest BCUT2D eigenvalue weighted by atomic mass is 32.2. The van der Waals surface area contributed by atoms with E-state index in [1.807, 2.05) is 12.1 Å². The van der Waals surface area contributed by atoms with Crippen molar-refractivity contribution in [3.8, 4) is 5.75 Å². The van der Waals surface area contributed by atoms with Gasteiger partial charge >= 0.3 is 0 Å². The number of hydrogen-bond donors (Lipinski definition) is 1. The van der Waals surface area contributed by atoms with Crippen molar-refractivity contribution in [3.63, 3.8) is 0 Å². The molecule has 4 rings (SSSR count). The molecule has 1 aromatic carbocycles. The summed E-state index contributed by atoms with van der Waals surface area (Å²) >= 11 is 2.06. The van der Waals surface area contributed by atoms with Gasteiger partial charge in [-0.3, -0.25) is 0 Å². The van der Waals surface area contributed by atoms with E-state index in [1.54, 1.807) is 21.9 Å². The van der Waals surface area contributed by atoms with Crippen LogP contribution in [0.1, 0.15) is 56.9 Å². The maximum Gasteiger partial charge on any atom is 0.115 e. The van der Waals surface area contributed by atoms with Gasteiger partial charge in [-0.1, -0.05) is 42.1 Å². The molecule has 144 valence electrons. The molecule has 1 aromatic rings. The lowest BCUT2D eigenvalue weighted by molar-refractivity contribution is 0.0641. The fourth-order valence-electron chi connectivity index (χ4n) is 4.39. The van der Waals surface area contributed by atoms with E-state index in [4.69, 9.17) is 4.74 Å². The van der Waals surface area contributed by atoms with Crippen LogP contribution in [0.3, 0.4) is 0 Å². The third kappa shape index (κ3) is 5.08. The van der Waals surface area contributed by atoms with Crippen molar-refractivity contribution in [2.75, 3.05) is 13.2 Å². The fraction of sp³-hybridized carbons (Fsp3) is 0.500. The molecule has 1 aliphatic carbocycles. The van der Waals surface area contributed by atoms with Gasteiger partial charge in [0.25, 0.3) is 0 Å².